The molecule has 0 fully saturated rings. The summed E-state index contributed by atoms with van der Waals surface area (Å²) in [5.74, 6) is -1.62. The van der Waals surface area contributed by atoms with Crippen LogP contribution in [-0.2, 0) is 9.59 Å². The second-order valence-electron chi connectivity index (χ2n) is 3.10. The second-order valence-corrected chi connectivity index (χ2v) is 3.53. The van der Waals surface area contributed by atoms with E-state index in [0.717, 1.165) is 0 Å². The molecule has 1 amide bonds. The van der Waals surface area contributed by atoms with Gasteiger partial charge in [0.15, 0.2) is 0 Å². The molecule has 16 heavy (non-hydrogen) atoms. The third kappa shape index (κ3) is 3.74. The van der Waals surface area contributed by atoms with Crippen LogP contribution in [0.15, 0.2) is 30.0 Å². The highest BCUT2D eigenvalue weighted by Crippen LogP contribution is 2.11. The number of carboxylic acid groups (broad SMARTS) is 1. The monoisotopic (exact) mass is 239 g/mol. The molecule has 84 valence electrons. The fraction of sp³-hybridized carbons (Fsp3) is 0.0909. The minimum atomic E-state index is -1.19. The van der Waals surface area contributed by atoms with Crippen LogP contribution >= 0.6 is 11.6 Å². The molecule has 2 N–H and O–H groups in total. The highest BCUT2D eigenvalue weighted by Gasteiger charge is 2.08. The highest BCUT2D eigenvalue weighted by molar-refractivity contribution is 6.30. The first kappa shape index (κ1) is 12.3. The summed E-state index contributed by atoms with van der Waals surface area (Å²) < 4.78 is 0. The third-order valence-electron chi connectivity index (χ3n) is 1.72. The lowest BCUT2D eigenvalue weighted by molar-refractivity contribution is -0.134. The van der Waals surface area contributed by atoms with Gasteiger partial charge in [-0.2, -0.15) is 0 Å². The molecule has 0 aliphatic rings. The number of carboxylic acids is 1. The number of hydrogen-bond acceptors (Lipinski definition) is 2. The lowest BCUT2D eigenvalue weighted by Crippen LogP contribution is -2.24. The quantitative estimate of drug-likeness (QED) is 0.792. The van der Waals surface area contributed by atoms with Gasteiger partial charge >= 0.3 is 5.97 Å². The van der Waals surface area contributed by atoms with Crippen molar-refractivity contribution in [2.24, 2.45) is 0 Å². The molecule has 0 saturated heterocycles. The molecule has 4 nitrogen and oxygen atoms in total. The van der Waals surface area contributed by atoms with Gasteiger partial charge in [0.05, 0.1) is 0 Å². The Morgan fingerprint density at radius 1 is 1.31 bits per heavy atom. The number of carbonyl (C=O) groups excluding carboxylic acids is 1. The molecule has 1 aromatic rings. The zero-order valence-electron chi connectivity index (χ0n) is 8.53. The molecule has 1 rings (SSSR count). The van der Waals surface area contributed by atoms with Crippen LogP contribution < -0.4 is 5.32 Å². The maximum atomic E-state index is 10.8. The van der Waals surface area contributed by atoms with Crippen molar-refractivity contribution in [3.63, 3.8) is 0 Å². The number of halogens is 1. The molecule has 0 aliphatic carbocycles. The predicted octanol–water partition coefficient (Wildman–Crippen LogP) is 1.90. The molecule has 5 heteroatoms. The Kier molecular flexibility index (Phi) is 4.08. The summed E-state index contributed by atoms with van der Waals surface area (Å²) in [5, 5.41) is 11.6. The minimum Gasteiger partial charge on any atom is -0.477 e. The average molecular weight is 240 g/mol. The topological polar surface area (TPSA) is 66.4 Å². The summed E-state index contributed by atoms with van der Waals surface area (Å²) >= 11 is 5.69. The smallest absolute Gasteiger partial charge is 0.352 e. The Hall–Kier alpha value is -1.81. The number of rotatable bonds is 3. The summed E-state index contributed by atoms with van der Waals surface area (Å²) in [7, 11) is 0. The first-order chi connectivity index (χ1) is 7.49. The van der Waals surface area contributed by atoms with Gasteiger partial charge in [-0.05, 0) is 23.8 Å². The molecule has 0 unspecified atom stereocenters. The summed E-state index contributed by atoms with van der Waals surface area (Å²) in [5.41, 5.74) is 0.477. The predicted molar refractivity (Wildman–Crippen MR) is 60.9 cm³/mol. The first-order valence-corrected chi connectivity index (χ1v) is 4.85. The molecule has 0 heterocycles. The van der Waals surface area contributed by atoms with Crippen molar-refractivity contribution in [2.45, 2.75) is 6.92 Å². The largest absolute Gasteiger partial charge is 0.477 e. The van der Waals surface area contributed by atoms with Gasteiger partial charge in [0.1, 0.15) is 5.70 Å². The Morgan fingerprint density at radius 3 is 2.31 bits per heavy atom. The van der Waals surface area contributed by atoms with Gasteiger partial charge in [-0.1, -0.05) is 23.7 Å². The number of nitrogens with one attached hydrogen (secondary N) is 1. The van der Waals surface area contributed by atoms with Crippen molar-refractivity contribution in [3.8, 4) is 0 Å². The van der Waals surface area contributed by atoms with E-state index in [-0.39, 0.29) is 5.70 Å². The average Bonchev–Trinajstić information content (AvgIpc) is 2.19. The van der Waals surface area contributed by atoms with Crippen LogP contribution in [0.5, 0.6) is 0 Å². The van der Waals surface area contributed by atoms with E-state index in [0.29, 0.717) is 10.6 Å². The molecule has 0 aliphatic heterocycles. The van der Waals surface area contributed by atoms with E-state index in [9.17, 15) is 9.59 Å². The first-order valence-electron chi connectivity index (χ1n) is 4.47. The molecule has 0 bridgehead atoms. The van der Waals surface area contributed by atoms with Gasteiger partial charge in [0, 0.05) is 11.9 Å². The van der Waals surface area contributed by atoms with E-state index in [1.165, 1.54) is 13.0 Å². The summed E-state index contributed by atoms with van der Waals surface area (Å²) in [6.07, 6.45) is 1.36. The number of benzene rings is 1. The number of aliphatic carboxylic acids is 1. The van der Waals surface area contributed by atoms with Crippen molar-refractivity contribution in [1.82, 2.24) is 5.32 Å². The van der Waals surface area contributed by atoms with Gasteiger partial charge in [-0.3, -0.25) is 4.79 Å². The Morgan fingerprint density at radius 2 is 1.88 bits per heavy atom. The van der Waals surface area contributed by atoms with Crippen LogP contribution in [0.1, 0.15) is 12.5 Å². The number of hydrogen-bond donors (Lipinski definition) is 2. The van der Waals surface area contributed by atoms with Crippen molar-refractivity contribution in [1.29, 1.82) is 0 Å². The van der Waals surface area contributed by atoms with E-state index in [2.05, 4.69) is 5.32 Å². The molecular formula is C11H10ClNO3. The molecule has 0 saturated carbocycles. The van der Waals surface area contributed by atoms with Gasteiger partial charge in [0.25, 0.3) is 0 Å². The molecular weight excluding hydrogens is 230 g/mol. The Labute approximate surface area is 97.5 Å². The van der Waals surface area contributed by atoms with Gasteiger partial charge in [-0.15, -0.1) is 0 Å². The lowest BCUT2D eigenvalue weighted by atomic mass is 10.2. The Bertz CT molecular complexity index is 437. The molecule has 1 aromatic carbocycles. The SMILES string of the molecule is CC(=O)N/C(=C/c1ccc(Cl)cc1)C(=O)O. The fourth-order valence-corrected chi connectivity index (χ4v) is 1.19. The standard InChI is InChI=1S/C11H10ClNO3/c1-7(14)13-10(11(15)16)6-8-2-4-9(12)5-3-8/h2-6H,1H3,(H,13,14)(H,15,16)/b10-6+. The van der Waals surface area contributed by atoms with E-state index < -0.39 is 11.9 Å². The molecule has 0 radical (unpaired) electrons. The lowest BCUT2D eigenvalue weighted by Gasteiger charge is -2.02. The van der Waals surface area contributed by atoms with Crippen LogP contribution in [0.2, 0.25) is 5.02 Å². The Balaban J connectivity index is 2.97. The van der Waals surface area contributed by atoms with E-state index >= 15 is 0 Å². The minimum absolute atomic E-state index is 0.171. The normalized spacial score (nSPS) is 11.0. The maximum absolute atomic E-state index is 10.8. The summed E-state index contributed by atoms with van der Waals surface area (Å²) in [6, 6.07) is 6.60. The van der Waals surface area contributed by atoms with Crippen molar-refractivity contribution < 1.29 is 14.7 Å². The van der Waals surface area contributed by atoms with E-state index in [1.54, 1.807) is 24.3 Å². The highest BCUT2D eigenvalue weighted by atomic mass is 35.5. The van der Waals surface area contributed by atoms with Crippen LogP contribution in [0, 0.1) is 0 Å². The summed E-state index contributed by atoms with van der Waals surface area (Å²) in [4.78, 5) is 21.6. The summed E-state index contributed by atoms with van der Waals surface area (Å²) in [6.45, 7) is 1.25. The van der Waals surface area contributed by atoms with Crippen LogP contribution in [-0.4, -0.2) is 17.0 Å². The van der Waals surface area contributed by atoms with Crippen molar-refractivity contribution in [3.05, 3.63) is 40.5 Å². The van der Waals surface area contributed by atoms with Gasteiger partial charge < -0.3 is 10.4 Å². The third-order valence-corrected chi connectivity index (χ3v) is 1.97. The molecule has 0 atom stereocenters. The zero-order chi connectivity index (χ0) is 12.1. The van der Waals surface area contributed by atoms with Crippen LogP contribution in [0.25, 0.3) is 6.08 Å². The number of amides is 1. The van der Waals surface area contributed by atoms with Crippen LogP contribution in [0.3, 0.4) is 0 Å². The molecule has 0 aromatic heterocycles. The van der Waals surface area contributed by atoms with Crippen molar-refractivity contribution >= 4 is 29.6 Å². The van der Waals surface area contributed by atoms with E-state index in [4.69, 9.17) is 16.7 Å². The second kappa shape index (κ2) is 5.32. The van der Waals surface area contributed by atoms with Crippen LogP contribution in [0.4, 0.5) is 0 Å². The zero-order valence-corrected chi connectivity index (χ0v) is 9.28. The van der Waals surface area contributed by atoms with Gasteiger partial charge in [0.2, 0.25) is 5.91 Å². The van der Waals surface area contributed by atoms with Gasteiger partial charge in [-0.25, -0.2) is 4.79 Å². The molecule has 0 spiro atoms. The fourth-order valence-electron chi connectivity index (χ4n) is 1.07. The van der Waals surface area contributed by atoms with E-state index in [1.807, 2.05) is 0 Å². The number of carbonyl (C=O) groups is 2. The van der Waals surface area contributed by atoms with Crippen molar-refractivity contribution in [2.75, 3.05) is 0 Å². The maximum Gasteiger partial charge on any atom is 0.352 e.